The van der Waals surface area contributed by atoms with Gasteiger partial charge in [0.1, 0.15) is 11.5 Å². The fraction of sp³-hybridized carbons (Fsp3) is 0.0455. The number of esters is 1. The molecule has 0 aliphatic heterocycles. The quantitative estimate of drug-likeness (QED) is 0.454. The van der Waals surface area contributed by atoms with E-state index in [0.717, 1.165) is 0 Å². The number of hydrogen-bond acceptors (Lipinski definition) is 5. The van der Waals surface area contributed by atoms with Gasteiger partial charge in [-0.15, -0.1) is 0 Å². The summed E-state index contributed by atoms with van der Waals surface area (Å²) in [4.78, 5) is 35.5. The van der Waals surface area contributed by atoms with E-state index in [2.05, 4.69) is 10.6 Å². The molecule has 7 nitrogen and oxygen atoms in total. The van der Waals surface area contributed by atoms with Crippen molar-refractivity contribution in [3.05, 3.63) is 83.9 Å². The van der Waals surface area contributed by atoms with Crippen LogP contribution in [-0.4, -0.2) is 22.9 Å². The van der Waals surface area contributed by atoms with Crippen LogP contribution in [0.5, 0.6) is 11.5 Å². The maximum Gasteiger partial charge on any atom is 0.308 e. The number of carbonyl (C=O) groups is 3. The molecule has 7 heteroatoms. The third-order valence-corrected chi connectivity index (χ3v) is 3.89. The van der Waals surface area contributed by atoms with Crippen LogP contribution < -0.4 is 15.4 Å². The maximum absolute atomic E-state index is 12.3. The van der Waals surface area contributed by atoms with Gasteiger partial charge in [0, 0.05) is 35.5 Å². The highest BCUT2D eigenvalue weighted by molar-refractivity contribution is 6.06. The SMILES string of the molecule is CC(=O)Oc1ccc(C(=O)Nc2ccc(C(=O)Nc3cccc(O)c3)cc2)cc1. The number of hydrogen-bond donors (Lipinski definition) is 3. The van der Waals surface area contributed by atoms with Crippen molar-refractivity contribution in [1.82, 2.24) is 0 Å². The van der Waals surface area contributed by atoms with Crippen LogP contribution in [0, 0.1) is 0 Å². The smallest absolute Gasteiger partial charge is 0.308 e. The first-order chi connectivity index (χ1) is 13.9. The van der Waals surface area contributed by atoms with Gasteiger partial charge in [-0.05, 0) is 60.7 Å². The molecule has 2 amide bonds. The van der Waals surface area contributed by atoms with Crippen LogP contribution in [0.2, 0.25) is 0 Å². The third-order valence-electron chi connectivity index (χ3n) is 3.89. The zero-order valence-corrected chi connectivity index (χ0v) is 15.5. The number of rotatable bonds is 5. The van der Waals surface area contributed by atoms with Gasteiger partial charge in [0.25, 0.3) is 11.8 Å². The van der Waals surface area contributed by atoms with Crippen LogP contribution in [0.1, 0.15) is 27.6 Å². The maximum atomic E-state index is 12.3. The van der Waals surface area contributed by atoms with E-state index in [-0.39, 0.29) is 17.6 Å². The number of aromatic hydroxyl groups is 1. The molecule has 0 unspecified atom stereocenters. The van der Waals surface area contributed by atoms with E-state index in [1.807, 2.05) is 0 Å². The Balaban J connectivity index is 1.61. The summed E-state index contributed by atoms with van der Waals surface area (Å²) in [7, 11) is 0. The van der Waals surface area contributed by atoms with Crippen molar-refractivity contribution >= 4 is 29.2 Å². The van der Waals surface area contributed by atoms with Crippen LogP contribution in [0.3, 0.4) is 0 Å². The fourth-order valence-corrected chi connectivity index (χ4v) is 2.54. The highest BCUT2D eigenvalue weighted by Gasteiger charge is 2.09. The Hall–Kier alpha value is -4.13. The molecule has 0 heterocycles. The number of carbonyl (C=O) groups excluding carboxylic acids is 3. The highest BCUT2D eigenvalue weighted by atomic mass is 16.5. The van der Waals surface area contributed by atoms with Crippen LogP contribution in [0.15, 0.2) is 72.8 Å². The summed E-state index contributed by atoms with van der Waals surface area (Å²) in [6.45, 7) is 1.30. The van der Waals surface area contributed by atoms with Crippen LogP contribution in [0.4, 0.5) is 11.4 Å². The summed E-state index contributed by atoms with van der Waals surface area (Å²) < 4.78 is 4.93. The second kappa shape index (κ2) is 8.71. The van der Waals surface area contributed by atoms with Crippen LogP contribution >= 0.6 is 0 Å². The Labute approximate surface area is 166 Å². The van der Waals surface area contributed by atoms with E-state index >= 15 is 0 Å². The van der Waals surface area contributed by atoms with E-state index in [4.69, 9.17) is 4.74 Å². The first-order valence-corrected chi connectivity index (χ1v) is 8.71. The molecule has 29 heavy (non-hydrogen) atoms. The monoisotopic (exact) mass is 390 g/mol. The molecule has 0 saturated carbocycles. The predicted molar refractivity (Wildman–Crippen MR) is 108 cm³/mol. The van der Waals surface area contributed by atoms with E-state index < -0.39 is 5.97 Å². The van der Waals surface area contributed by atoms with E-state index in [1.54, 1.807) is 48.5 Å². The minimum Gasteiger partial charge on any atom is -0.508 e. The van der Waals surface area contributed by atoms with Crippen LogP contribution in [-0.2, 0) is 4.79 Å². The third kappa shape index (κ3) is 5.43. The Kier molecular flexibility index (Phi) is 5.89. The van der Waals surface area contributed by atoms with Gasteiger partial charge < -0.3 is 20.5 Å². The number of phenols is 1. The molecule has 3 aromatic carbocycles. The minimum absolute atomic E-state index is 0.0572. The van der Waals surface area contributed by atoms with Crippen molar-refractivity contribution < 1.29 is 24.2 Å². The molecule has 146 valence electrons. The van der Waals surface area contributed by atoms with Gasteiger partial charge in [0.15, 0.2) is 0 Å². The predicted octanol–water partition coefficient (Wildman–Crippen LogP) is 3.82. The molecule has 0 saturated heterocycles. The molecule has 0 radical (unpaired) electrons. The summed E-state index contributed by atoms with van der Waals surface area (Å²) in [5.41, 5.74) is 1.79. The van der Waals surface area contributed by atoms with Crippen molar-refractivity contribution in [2.24, 2.45) is 0 Å². The number of anilines is 2. The number of phenolic OH excluding ortho intramolecular Hbond substituents is 1. The highest BCUT2D eigenvalue weighted by Crippen LogP contribution is 2.18. The lowest BCUT2D eigenvalue weighted by atomic mass is 10.1. The molecule has 3 rings (SSSR count). The number of nitrogens with one attached hydrogen (secondary N) is 2. The van der Waals surface area contributed by atoms with Crippen molar-refractivity contribution in [3.8, 4) is 11.5 Å². The van der Waals surface area contributed by atoms with Crippen molar-refractivity contribution in [3.63, 3.8) is 0 Å². The molecule has 3 aromatic rings. The lowest BCUT2D eigenvalue weighted by molar-refractivity contribution is -0.131. The standard InChI is InChI=1S/C22H18N2O5/c1-14(25)29-20-11-7-16(8-12-20)21(27)23-17-9-5-15(6-10-17)22(28)24-18-3-2-4-19(26)13-18/h2-13,26H,1H3,(H,23,27)(H,24,28). The summed E-state index contributed by atoms with van der Waals surface area (Å²) in [6.07, 6.45) is 0. The molecule has 0 aromatic heterocycles. The first-order valence-electron chi connectivity index (χ1n) is 8.71. The summed E-state index contributed by atoms with van der Waals surface area (Å²) in [5.74, 6) is -0.695. The molecule has 0 aliphatic rings. The average molecular weight is 390 g/mol. The molecule has 0 fully saturated rings. The zero-order valence-electron chi connectivity index (χ0n) is 15.5. The minimum atomic E-state index is -0.435. The summed E-state index contributed by atoms with van der Waals surface area (Å²) >= 11 is 0. The second-order valence-electron chi connectivity index (χ2n) is 6.15. The molecular weight excluding hydrogens is 372 g/mol. The Morgan fingerprint density at radius 2 is 1.31 bits per heavy atom. The topological polar surface area (TPSA) is 105 Å². The summed E-state index contributed by atoms with van der Waals surface area (Å²) in [6, 6.07) is 18.8. The van der Waals surface area contributed by atoms with Gasteiger partial charge in [-0.25, -0.2) is 0 Å². The van der Waals surface area contributed by atoms with E-state index in [0.29, 0.717) is 28.3 Å². The van der Waals surface area contributed by atoms with Gasteiger partial charge in [-0.2, -0.15) is 0 Å². The van der Waals surface area contributed by atoms with Gasteiger partial charge in [-0.3, -0.25) is 14.4 Å². The molecule has 0 bridgehead atoms. The Morgan fingerprint density at radius 1 is 0.759 bits per heavy atom. The molecule has 0 spiro atoms. The molecule has 0 aliphatic carbocycles. The lowest BCUT2D eigenvalue weighted by Gasteiger charge is -2.08. The van der Waals surface area contributed by atoms with Crippen molar-refractivity contribution in [2.45, 2.75) is 6.92 Å². The Morgan fingerprint density at radius 3 is 1.86 bits per heavy atom. The van der Waals surface area contributed by atoms with Crippen LogP contribution in [0.25, 0.3) is 0 Å². The van der Waals surface area contributed by atoms with E-state index in [1.165, 1.54) is 31.2 Å². The number of ether oxygens (including phenoxy) is 1. The van der Waals surface area contributed by atoms with Gasteiger partial charge in [-0.1, -0.05) is 6.07 Å². The second-order valence-corrected chi connectivity index (χ2v) is 6.15. The largest absolute Gasteiger partial charge is 0.508 e. The van der Waals surface area contributed by atoms with E-state index in [9.17, 15) is 19.5 Å². The van der Waals surface area contributed by atoms with Gasteiger partial charge in [0.05, 0.1) is 0 Å². The Bertz CT molecular complexity index is 1040. The molecular formula is C22H18N2O5. The van der Waals surface area contributed by atoms with Crippen molar-refractivity contribution in [1.29, 1.82) is 0 Å². The normalized spacial score (nSPS) is 10.1. The van der Waals surface area contributed by atoms with Gasteiger partial charge >= 0.3 is 5.97 Å². The van der Waals surface area contributed by atoms with Gasteiger partial charge in [0.2, 0.25) is 0 Å². The number of benzene rings is 3. The number of amides is 2. The zero-order chi connectivity index (χ0) is 20.8. The molecule has 0 atom stereocenters. The lowest BCUT2D eigenvalue weighted by Crippen LogP contribution is -2.13. The van der Waals surface area contributed by atoms with Crippen molar-refractivity contribution in [2.75, 3.05) is 10.6 Å². The average Bonchev–Trinajstić information content (AvgIpc) is 2.68. The fourth-order valence-electron chi connectivity index (χ4n) is 2.54. The summed E-state index contributed by atoms with van der Waals surface area (Å²) in [5, 5.41) is 14.9. The molecule has 3 N–H and O–H groups in total. The first kappa shape index (κ1) is 19.6.